The van der Waals surface area contributed by atoms with Crippen LogP contribution in [-0.4, -0.2) is 65.3 Å². The number of carbonyl (C=O) groups is 1. The monoisotopic (exact) mass is 470 g/mol. The van der Waals surface area contributed by atoms with Crippen LogP contribution in [0.25, 0.3) is 0 Å². The number of piperazine rings is 1. The van der Waals surface area contributed by atoms with Crippen molar-refractivity contribution < 1.29 is 4.79 Å². The molecule has 3 atom stereocenters. The van der Waals surface area contributed by atoms with Gasteiger partial charge in [0, 0.05) is 44.9 Å². The molecule has 0 radical (unpaired) electrons. The number of rotatable bonds is 3. The van der Waals surface area contributed by atoms with E-state index in [1.807, 2.05) is 11.2 Å². The van der Waals surface area contributed by atoms with Crippen molar-refractivity contribution in [3.05, 3.63) is 0 Å². The second-order valence-electron chi connectivity index (χ2n) is 12.2. The van der Waals surface area contributed by atoms with Crippen LogP contribution in [0.15, 0.2) is 5.10 Å². The Kier molecular flexibility index (Phi) is 8.85. The number of amides is 2. The summed E-state index contributed by atoms with van der Waals surface area (Å²) >= 11 is 0. The van der Waals surface area contributed by atoms with Gasteiger partial charge in [-0.05, 0) is 49.9 Å². The fraction of sp³-hybridized carbons (Fsp3) is 0.931. The first kappa shape index (κ1) is 24.6. The van der Waals surface area contributed by atoms with Gasteiger partial charge in [-0.1, -0.05) is 77.0 Å². The second-order valence-corrected chi connectivity index (χ2v) is 12.2. The summed E-state index contributed by atoms with van der Waals surface area (Å²) in [7, 11) is 0. The van der Waals surface area contributed by atoms with Crippen LogP contribution in [0.2, 0.25) is 0 Å². The van der Waals surface area contributed by atoms with E-state index in [1.54, 1.807) is 0 Å². The van der Waals surface area contributed by atoms with E-state index in [9.17, 15) is 4.79 Å². The van der Waals surface area contributed by atoms with E-state index < -0.39 is 0 Å². The molecule has 5 rings (SSSR count). The molecular formula is C29H50N4O. The SMILES string of the molecule is O=C(N1CCN(C2CCCCC(C3CCCC3)CC2)CC1)N1N=CCC1C1CCCCCCC1. The highest BCUT2D eigenvalue weighted by Crippen LogP contribution is 2.39. The molecule has 3 aliphatic carbocycles. The molecule has 34 heavy (non-hydrogen) atoms. The van der Waals surface area contributed by atoms with Gasteiger partial charge in [-0.15, -0.1) is 0 Å². The van der Waals surface area contributed by atoms with Gasteiger partial charge in [0.05, 0.1) is 6.04 Å². The van der Waals surface area contributed by atoms with Gasteiger partial charge in [0.2, 0.25) is 0 Å². The summed E-state index contributed by atoms with van der Waals surface area (Å²) in [5.41, 5.74) is 0. The van der Waals surface area contributed by atoms with Gasteiger partial charge in [-0.3, -0.25) is 4.90 Å². The summed E-state index contributed by atoms with van der Waals surface area (Å²) in [6.07, 6.45) is 26.7. The summed E-state index contributed by atoms with van der Waals surface area (Å²) in [6, 6.07) is 1.23. The minimum atomic E-state index is 0.180. The van der Waals surface area contributed by atoms with Crippen molar-refractivity contribution in [3.63, 3.8) is 0 Å². The lowest BCUT2D eigenvalue weighted by Gasteiger charge is -2.42. The molecule has 0 N–H and O–H groups in total. The maximum atomic E-state index is 13.5. The Morgan fingerprint density at radius 3 is 1.88 bits per heavy atom. The van der Waals surface area contributed by atoms with Crippen LogP contribution in [0.3, 0.4) is 0 Å². The Morgan fingerprint density at radius 1 is 0.618 bits per heavy atom. The predicted octanol–water partition coefficient (Wildman–Crippen LogP) is 6.67. The van der Waals surface area contributed by atoms with Gasteiger partial charge >= 0.3 is 6.03 Å². The van der Waals surface area contributed by atoms with Crippen LogP contribution < -0.4 is 0 Å². The fourth-order valence-electron chi connectivity index (χ4n) is 8.05. The molecule has 2 aliphatic heterocycles. The number of urea groups is 1. The van der Waals surface area contributed by atoms with Gasteiger partial charge in [-0.25, -0.2) is 9.80 Å². The van der Waals surface area contributed by atoms with Gasteiger partial charge in [0.15, 0.2) is 0 Å². The van der Waals surface area contributed by atoms with Crippen molar-refractivity contribution in [3.8, 4) is 0 Å². The number of hydrazone groups is 1. The fourth-order valence-corrected chi connectivity index (χ4v) is 8.05. The zero-order chi connectivity index (χ0) is 23.2. The molecule has 1 saturated heterocycles. The first-order valence-electron chi connectivity index (χ1n) is 15.1. The third-order valence-corrected chi connectivity index (χ3v) is 10.2. The Hall–Kier alpha value is -1.10. The standard InChI is InChI=1S/C29H50N4O/c34-29(33-28(18-19-30-33)26-13-4-2-1-3-5-14-26)32-22-20-31(21-23-32)27-15-9-8-12-25(16-17-27)24-10-6-7-11-24/h19,24-28H,1-18,20-23H2. The Morgan fingerprint density at radius 2 is 1.18 bits per heavy atom. The van der Waals surface area contributed by atoms with E-state index in [2.05, 4.69) is 14.9 Å². The van der Waals surface area contributed by atoms with Crippen molar-refractivity contribution >= 4 is 12.2 Å². The summed E-state index contributed by atoms with van der Waals surface area (Å²) in [5, 5.41) is 6.50. The van der Waals surface area contributed by atoms with Crippen LogP contribution in [0.1, 0.15) is 116 Å². The average molecular weight is 471 g/mol. The molecule has 4 fully saturated rings. The zero-order valence-electron chi connectivity index (χ0n) is 21.7. The number of carbonyl (C=O) groups excluding carboxylic acids is 1. The van der Waals surface area contributed by atoms with Gasteiger partial charge < -0.3 is 4.90 Å². The molecule has 3 saturated carbocycles. The van der Waals surface area contributed by atoms with E-state index in [0.29, 0.717) is 12.0 Å². The third-order valence-electron chi connectivity index (χ3n) is 10.2. The Labute approximate surface area is 208 Å². The molecule has 5 nitrogen and oxygen atoms in total. The third kappa shape index (κ3) is 5.99. The average Bonchev–Trinajstić information content (AvgIpc) is 3.52. The minimum Gasteiger partial charge on any atom is -0.321 e. The van der Waals surface area contributed by atoms with E-state index >= 15 is 0 Å². The second kappa shape index (κ2) is 12.2. The lowest BCUT2D eigenvalue weighted by Crippen LogP contribution is -2.55. The quantitative estimate of drug-likeness (QED) is 0.462. The maximum Gasteiger partial charge on any atom is 0.340 e. The predicted molar refractivity (Wildman–Crippen MR) is 140 cm³/mol. The van der Waals surface area contributed by atoms with Crippen molar-refractivity contribution in [1.29, 1.82) is 0 Å². The molecular weight excluding hydrogens is 420 g/mol. The molecule has 0 bridgehead atoms. The Balaban J connectivity index is 1.11. The summed E-state index contributed by atoms with van der Waals surface area (Å²) in [4.78, 5) is 18.3. The summed E-state index contributed by atoms with van der Waals surface area (Å²) in [5.74, 6) is 2.65. The normalized spacial score (nSPS) is 33.5. The largest absolute Gasteiger partial charge is 0.340 e. The molecule has 2 heterocycles. The molecule has 5 aliphatic rings. The minimum absolute atomic E-state index is 0.180. The van der Waals surface area contributed by atoms with Crippen LogP contribution in [0.4, 0.5) is 4.79 Å². The molecule has 0 aromatic heterocycles. The molecule has 3 unspecified atom stereocenters. The smallest absolute Gasteiger partial charge is 0.321 e. The highest BCUT2D eigenvalue weighted by molar-refractivity contribution is 5.78. The van der Waals surface area contributed by atoms with E-state index in [-0.39, 0.29) is 6.03 Å². The Bertz CT molecular complexity index is 659. The van der Waals surface area contributed by atoms with E-state index in [0.717, 1.165) is 50.5 Å². The lowest BCUT2D eigenvalue weighted by atomic mass is 9.79. The van der Waals surface area contributed by atoms with Crippen molar-refractivity contribution in [1.82, 2.24) is 14.8 Å². The molecule has 0 spiro atoms. The lowest BCUT2D eigenvalue weighted by molar-refractivity contribution is 0.0668. The summed E-state index contributed by atoms with van der Waals surface area (Å²) in [6.45, 7) is 3.86. The van der Waals surface area contributed by atoms with E-state index in [4.69, 9.17) is 0 Å². The van der Waals surface area contributed by atoms with E-state index in [1.165, 1.54) is 109 Å². The highest BCUT2D eigenvalue weighted by Gasteiger charge is 2.37. The van der Waals surface area contributed by atoms with Gasteiger partial charge in [0.1, 0.15) is 0 Å². The van der Waals surface area contributed by atoms with Gasteiger partial charge in [-0.2, -0.15) is 5.10 Å². The van der Waals surface area contributed by atoms with Gasteiger partial charge in [0.25, 0.3) is 0 Å². The topological polar surface area (TPSA) is 39.2 Å². The first-order valence-corrected chi connectivity index (χ1v) is 15.1. The number of nitrogens with zero attached hydrogens (tertiary/aromatic N) is 4. The first-order chi connectivity index (χ1) is 16.8. The summed E-state index contributed by atoms with van der Waals surface area (Å²) < 4.78 is 0. The van der Waals surface area contributed by atoms with Crippen molar-refractivity contribution in [2.75, 3.05) is 26.2 Å². The van der Waals surface area contributed by atoms with Crippen LogP contribution in [0.5, 0.6) is 0 Å². The molecule has 192 valence electrons. The highest BCUT2D eigenvalue weighted by atomic mass is 16.2. The van der Waals surface area contributed by atoms with Crippen molar-refractivity contribution in [2.24, 2.45) is 22.9 Å². The van der Waals surface area contributed by atoms with Crippen LogP contribution >= 0.6 is 0 Å². The zero-order valence-corrected chi connectivity index (χ0v) is 21.7. The molecule has 0 aromatic carbocycles. The van der Waals surface area contributed by atoms with Crippen LogP contribution in [-0.2, 0) is 0 Å². The number of hydrogen-bond donors (Lipinski definition) is 0. The van der Waals surface area contributed by atoms with Crippen LogP contribution in [0, 0.1) is 17.8 Å². The number of hydrogen-bond acceptors (Lipinski definition) is 3. The molecule has 2 amide bonds. The molecule has 5 heteroatoms. The molecule has 0 aromatic rings. The maximum absolute atomic E-state index is 13.5. The van der Waals surface area contributed by atoms with Crippen molar-refractivity contribution in [2.45, 2.75) is 128 Å².